The number of rotatable bonds is 10. The maximum atomic E-state index is 12.4. The molecule has 1 aromatic carbocycles. The second kappa shape index (κ2) is 10.1. The van der Waals surface area contributed by atoms with E-state index in [1.165, 1.54) is 4.31 Å². The van der Waals surface area contributed by atoms with E-state index in [0.717, 1.165) is 39.0 Å². The number of hydrogen-bond acceptors (Lipinski definition) is 6. The predicted molar refractivity (Wildman–Crippen MR) is 109 cm³/mol. The van der Waals surface area contributed by atoms with Crippen LogP contribution in [0.2, 0.25) is 0 Å². The Balaban J connectivity index is 2.08. The molecule has 0 saturated carbocycles. The summed E-state index contributed by atoms with van der Waals surface area (Å²) in [7, 11) is -3.57. The highest BCUT2D eigenvalue weighted by atomic mass is 32.2. The van der Waals surface area contributed by atoms with Gasteiger partial charge >= 0.3 is 0 Å². The zero-order valence-corrected chi connectivity index (χ0v) is 17.1. The van der Waals surface area contributed by atoms with Crippen LogP contribution in [-0.4, -0.2) is 88.1 Å². The molecule has 1 aliphatic heterocycles. The predicted octanol–water partition coefficient (Wildman–Crippen LogP) is 1.02. The average Bonchev–Trinajstić information content (AvgIpc) is 2.64. The van der Waals surface area contributed by atoms with Gasteiger partial charge in [-0.25, -0.2) is 8.42 Å². The third kappa shape index (κ3) is 6.49. The topological polar surface area (TPSA) is 73.3 Å². The lowest BCUT2D eigenvalue weighted by atomic mass is 10.2. The monoisotopic (exact) mass is 397 g/mol. The lowest BCUT2D eigenvalue weighted by Gasteiger charge is -2.36. The standard InChI is InChI=1S/C19H31N3O4S/c1-4-14-26-19-9-7-6-8-18(19)22(27(3,24)25)16-17(23)15-21-12-10-20(5-2)11-13-21/h4,6-9,17,23H,1,5,10-16H2,2-3H3. The molecular formula is C19H31N3O4S. The maximum Gasteiger partial charge on any atom is 0.232 e. The van der Waals surface area contributed by atoms with Crippen LogP contribution in [0, 0.1) is 0 Å². The van der Waals surface area contributed by atoms with Crippen LogP contribution in [0.5, 0.6) is 5.75 Å². The van der Waals surface area contributed by atoms with Gasteiger partial charge in [-0.3, -0.25) is 9.21 Å². The summed E-state index contributed by atoms with van der Waals surface area (Å²) in [6.45, 7) is 11.2. The van der Waals surface area contributed by atoms with Crippen LogP contribution in [0.1, 0.15) is 6.92 Å². The number of likely N-dealkylation sites (N-methyl/N-ethyl adjacent to an activating group) is 1. The summed E-state index contributed by atoms with van der Waals surface area (Å²) in [5.74, 6) is 0.451. The van der Waals surface area contributed by atoms with Crippen LogP contribution in [-0.2, 0) is 10.0 Å². The van der Waals surface area contributed by atoms with Crippen LogP contribution < -0.4 is 9.04 Å². The molecule has 152 valence electrons. The first-order valence-corrected chi connectivity index (χ1v) is 11.1. The summed E-state index contributed by atoms with van der Waals surface area (Å²) in [4.78, 5) is 4.54. The van der Waals surface area contributed by atoms with Crippen LogP contribution in [0.3, 0.4) is 0 Å². The fourth-order valence-corrected chi connectivity index (χ4v) is 4.13. The largest absolute Gasteiger partial charge is 0.487 e. The van der Waals surface area contributed by atoms with Gasteiger partial charge in [0.25, 0.3) is 0 Å². The van der Waals surface area contributed by atoms with Gasteiger partial charge in [0.2, 0.25) is 10.0 Å². The first kappa shape index (κ1) is 21.7. The number of aliphatic hydroxyl groups excluding tert-OH is 1. The molecule has 0 aliphatic carbocycles. The Morgan fingerprint density at radius 3 is 2.48 bits per heavy atom. The van der Waals surface area contributed by atoms with Crippen molar-refractivity contribution in [2.75, 3.05) is 63.0 Å². The van der Waals surface area contributed by atoms with Crippen molar-refractivity contribution < 1.29 is 18.3 Å². The van der Waals surface area contributed by atoms with E-state index in [2.05, 4.69) is 23.3 Å². The number of ether oxygens (including phenoxy) is 1. The lowest BCUT2D eigenvalue weighted by Crippen LogP contribution is -2.50. The van der Waals surface area contributed by atoms with Gasteiger partial charge in [0, 0.05) is 32.7 Å². The molecule has 1 fully saturated rings. The molecule has 8 heteroatoms. The number of β-amino-alcohol motifs (C(OH)–C–C–N with tert-alkyl or cyclic N) is 1. The minimum Gasteiger partial charge on any atom is -0.487 e. The van der Waals surface area contributed by atoms with E-state index in [1.54, 1.807) is 30.3 Å². The highest BCUT2D eigenvalue weighted by Gasteiger charge is 2.26. The molecule has 1 unspecified atom stereocenters. The van der Waals surface area contributed by atoms with Gasteiger partial charge in [-0.15, -0.1) is 0 Å². The Morgan fingerprint density at radius 1 is 1.26 bits per heavy atom. The number of piperazine rings is 1. The van der Waals surface area contributed by atoms with Gasteiger partial charge < -0.3 is 14.7 Å². The highest BCUT2D eigenvalue weighted by Crippen LogP contribution is 2.30. The number of sulfonamides is 1. The zero-order chi connectivity index (χ0) is 19.9. The molecule has 0 aromatic heterocycles. The Labute approximate surface area is 162 Å². The number of nitrogens with zero attached hydrogens (tertiary/aromatic N) is 3. The molecule has 2 rings (SSSR count). The van der Waals surface area contributed by atoms with Crippen molar-refractivity contribution in [1.29, 1.82) is 0 Å². The van der Waals surface area contributed by atoms with E-state index in [0.29, 0.717) is 18.0 Å². The van der Waals surface area contributed by atoms with Crippen molar-refractivity contribution in [3.8, 4) is 5.75 Å². The molecule has 1 N–H and O–H groups in total. The Hall–Kier alpha value is -1.61. The smallest absolute Gasteiger partial charge is 0.232 e. The fraction of sp³-hybridized carbons (Fsp3) is 0.579. The minimum atomic E-state index is -3.57. The van der Waals surface area contributed by atoms with E-state index in [-0.39, 0.29) is 13.2 Å². The van der Waals surface area contributed by atoms with E-state index in [4.69, 9.17) is 4.74 Å². The maximum absolute atomic E-state index is 12.4. The molecule has 7 nitrogen and oxygen atoms in total. The minimum absolute atomic E-state index is 0.0126. The number of anilines is 1. The lowest BCUT2D eigenvalue weighted by molar-refractivity contribution is 0.0788. The summed E-state index contributed by atoms with van der Waals surface area (Å²) < 4.78 is 31.6. The molecule has 0 amide bonds. The molecule has 1 heterocycles. The Morgan fingerprint density at radius 2 is 1.89 bits per heavy atom. The number of hydrogen-bond donors (Lipinski definition) is 1. The molecule has 1 aromatic rings. The van der Waals surface area contributed by atoms with Crippen molar-refractivity contribution in [2.45, 2.75) is 13.0 Å². The summed E-state index contributed by atoms with van der Waals surface area (Å²) in [5, 5.41) is 10.6. The number of benzene rings is 1. The average molecular weight is 398 g/mol. The molecule has 1 saturated heterocycles. The third-order valence-electron chi connectivity index (χ3n) is 4.65. The van der Waals surface area contributed by atoms with Crippen LogP contribution >= 0.6 is 0 Å². The number of aliphatic hydroxyl groups is 1. The quantitative estimate of drug-likeness (QED) is 0.594. The first-order chi connectivity index (χ1) is 12.8. The van der Waals surface area contributed by atoms with Crippen LogP contribution in [0.25, 0.3) is 0 Å². The van der Waals surface area contributed by atoms with Gasteiger partial charge in [-0.05, 0) is 18.7 Å². The van der Waals surface area contributed by atoms with Crippen LogP contribution in [0.4, 0.5) is 5.69 Å². The summed E-state index contributed by atoms with van der Waals surface area (Å²) in [6.07, 6.45) is 1.96. The SMILES string of the molecule is C=CCOc1ccccc1N(CC(O)CN1CCN(CC)CC1)S(C)(=O)=O. The van der Waals surface area contributed by atoms with E-state index in [1.807, 2.05) is 0 Å². The highest BCUT2D eigenvalue weighted by molar-refractivity contribution is 7.92. The molecule has 0 radical (unpaired) electrons. The second-order valence-corrected chi connectivity index (χ2v) is 8.66. The van der Waals surface area contributed by atoms with E-state index < -0.39 is 16.1 Å². The van der Waals surface area contributed by atoms with E-state index >= 15 is 0 Å². The van der Waals surface area contributed by atoms with Crippen molar-refractivity contribution in [3.05, 3.63) is 36.9 Å². The third-order valence-corrected chi connectivity index (χ3v) is 5.80. The van der Waals surface area contributed by atoms with Gasteiger partial charge in [-0.1, -0.05) is 31.7 Å². The zero-order valence-electron chi connectivity index (χ0n) is 16.2. The fourth-order valence-electron chi connectivity index (χ4n) is 3.18. The normalized spacial score (nSPS) is 17.4. The van der Waals surface area contributed by atoms with Crippen molar-refractivity contribution in [3.63, 3.8) is 0 Å². The van der Waals surface area contributed by atoms with Gasteiger partial charge in [0.05, 0.1) is 24.6 Å². The van der Waals surface area contributed by atoms with Crippen LogP contribution in [0.15, 0.2) is 36.9 Å². The molecule has 1 atom stereocenters. The molecule has 27 heavy (non-hydrogen) atoms. The summed E-state index contributed by atoms with van der Waals surface area (Å²) in [6, 6.07) is 6.94. The number of para-hydroxylation sites is 2. The Kier molecular flexibility index (Phi) is 8.09. The summed E-state index contributed by atoms with van der Waals surface area (Å²) >= 11 is 0. The van der Waals surface area contributed by atoms with Gasteiger partial charge in [-0.2, -0.15) is 0 Å². The first-order valence-electron chi connectivity index (χ1n) is 9.28. The van der Waals surface area contributed by atoms with Crippen molar-refractivity contribution in [1.82, 2.24) is 9.80 Å². The molecule has 0 spiro atoms. The van der Waals surface area contributed by atoms with Crippen molar-refractivity contribution in [2.24, 2.45) is 0 Å². The second-order valence-electron chi connectivity index (χ2n) is 6.75. The van der Waals surface area contributed by atoms with Crippen molar-refractivity contribution >= 4 is 15.7 Å². The van der Waals surface area contributed by atoms with E-state index in [9.17, 15) is 13.5 Å². The van der Waals surface area contributed by atoms with Gasteiger partial charge in [0.15, 0.2) is 0 Å². The van der Waals surface area contributed by atoms with Gasteiger partial charge in [0.1, 0.15) is 12.4 Å². The molecule has 1 aliphatic rings. The molecular weight excluding hydrogens is 366 g/mol. The Bertz CT molecular complexity index is 703. The summed E-state index contributed by atoms with van der Waals surface area (Å²) in [5.41, 5.74) is 0.428. The molecule has 0 bridgehead atoms.